The molecule has 2 aromatic carbocycles. The van der Waals surface area contributed by atoms with Crippen LogP contribution in [-0.2, 0) is 0 Å². The number of benzene rings is 2. The highest BCUT2D eigenvalue weighted by atomic mass is 16.3. The van der Waals surface area contributed by atoms with Crippen LogP contribution in [0.4, 0.5) is 5.69 Å². The SMILES string of the molecule is Nc1ccc2c(-c3cccc(O)c3)n[nH]c2c1. The topological polar surface area (TPSA) is 74.9 Å². The van der Waals surface area contributed by atoms with Crippen molar-refractivity contribution >= 4 is 16.6 Å². The first-order valence-electron chi connectivity index (χ1n) is 5.27. The number of hydrogen-bond donors (Lipinski definition) is 3. The molecule has 4 heteroatoms. The Morgan fingerprint density at radius 2 is 2.00 bits per heavy atom. The maximum Gasteiger partial charge on any atom is 0.116 e. The van der Waals surface area contributed by atoms with Crippen LogP contribution in [0.15, 0.2) is 42.5 Å². The second kappa shape index (κ2) is 3.52. The van der Waals surface area contributed by atoms with Gasteiger partial charge in [0.15, 0.2) is 0 Å². The third-order valence-electron chi connectivity index (χ3n) is 2.71. The van der Waals surface area contributed by atoms with Gasteiger partial charge in [-0.1, -0.05) is 12.1 Å². The highest BCUT2D eigenvalue weighted by Crippen LogP contribution is 2.28. The Kier molecular flexibility index (Phi) is 2.01. The van der Waals surface area contributed by atoms with Crippen LogP contribution >= 0.6 is 0 Å². The number of nitrogens with zero attached hydrogens (tertiary/aromatic N) is 1. The van der Waals surface area contributed by atoms with Crippen LogP contribution in [0, 0.1) is 0 Å². The third kappa shape index (κ3) is 1.59. The molecule has 0 saturated carbocycles. The molecular formula is C13H11N3O. The minimum atomic E-state index is 0.231. The minimum Gasteiger partial charge on any atom is -0.508 e. The van der Waals surface area contributed by atoms with Gasteiger partial charge in [-0.2, -0.15) is 5.10 Å². The molecule has 3 rings (SSSR count). The lowest BCUT2D eigenvalue weighted by atomic mass is 10.1. The quantitative estimate of drug-likeness (QED) is 0.557. The molecule has 1 heterocycles. The van der Waals surface area contributed by atoms with Crippen LogP contribution < -0.4 is 5.73 Å². The number of hydrogen-bond acceptors (Lipinski definition) is 3. The van der Waals surface area contributed by atoms with E-state index in [0.717, 1.165) is 22.2 Å². The number of nitrogen functional groups attached to an aromatic ring is 1. The van der Waals surface area contributed by atoms with E-state index in [9.17, 15) is 5.11 Å². The molecule has 0 saturated heterocycles. The predicted octanol–water partition coefficient (Wildman–Crippen LogP) is 2.52. The Balaban J connectivity index is 2.24. The van der Waals surface area contributed by atoms with Gasteiger partial charge in [-0.05, 0) is 30.3 Å². The summed E-state index contributed by atoms with van der Waals surface area (Å²) in [5.41, 5.74) is 8.99. The molecule has 0 atom stereocenters. The summed E-state index contributed by atoms with van der Waals surface area (Å²) in [5.74, 6) is 0.231. The Labute approximate surface area is 97.7 Å². The zero-order valence-corrected chi connectivity index (χ0v) is 9.01. The molecule has 3 aromatic rings. The molecule has 0 radical (unpaired) electrons. The molecule has 0 unspecified atom stereocenters. The fourth-order valence-corrected chi connectivity index (χ4v) is 1.91. The molecule has 0 aliphatic rings. The first-order chi connectivity index (χ1) is 8.24. The fourth-order valence-electron chi connectivity index (χ4n) is 1.91. The highest BCUT2D eigenvalue weighted by molar-refractivity contribution is 5.94. The van der Waals surface area contributed by atoms with Crippen LogP contribution in [0.5, 0.6) is 5.75 Å². The third-order valence-corrected chi connectivity index (χ3v) is 2.71. The lowest BCUT2D eigenvalue weighted by Gasteiger charge is -1.99. The fraction of sp³-hybridized carbons (Fsp3) is 0. The first-order valence-corrected chi connectivity index (χ1v) is 5.27. The van der Waals surface area contributed by atoms with Crippen molar-refractivity contribution in [2.24, 2.45) is 0 Å². The number of aromatic hydroxyl groups is 1. The molecular weight excluding hydrogens is 214 g/mol. The summed E-state index contributed by atoms with van der Waals surface area (Å²) in [4.78, 5) is 0. The van der Waals surface area contributed by atoms with Gasteiger partial charge in [0.05, 0.1) is 5.52 Å². The van der Waals surface area contributed by atoms with Gasteiger partial charge in [-0.15, -0.1) is 0 Å². The van der Waals surface area contributed by atoms with Gasteiger partial charge in [0, 0.05) is 16.6 Å². The van der Waals surface area contributed by atoms with E-state index in [1.165, 1.54) is 0 Å². The number of aromatic nitrogens is 2. The molecule has 4 nitrogen and oxygen atoms in total. The molecule has 0 aliphatic carbocycles. The van der Waals surface area contributed by atoms with Crippen molar-refractivity contribution < 1.29 is 5.11 Å². The van der Waals surface area contributed by atoms with Crippen LogP contribution in [-0.4, -0.2) is 15.3 Å². The Hall–Kier alpha value is -2.49. The molecule has 0 amide bonds. The van der Waals surface area contributed by atoms with E-state index in [4.69, 9.17) is 5.73 Å². The summed E-state index contributed by atoms with van der Waals surface area (Å²) >= 11 is 0. The summed E-state index contributed by atoms with van der Waals surface area (Å²) in [6, 6.07) is 12.6. The second-order valence-electron chi connectivity index (χ2n) is 3.93. The number of anilines is 1. The molecule has 0 fully saturated rings. The van der Waals surface area contributed by atoms with Gasteiger partial charge in [0.2, 0.25) is 0 Å². The first kappa shape index (κ1) is 9.72. The number of phenolic OH excluding ortho intramolecular Hbond substituents is 1. The van der Waals surface area contributed by atoms with E-state index in [-0.39, 0.29) is 5.75 Å². The molecule has 17 heavy (non-hydrogen) atoms. The molecule has 0 aliphatic heterocycles. The lowest BCUT2D eigenvalue weighted by molar-refractivity contribution is 0.475. The van der Waals surface area contributed by atoms with Crippen molar-refractivity contribution in [1.82, 2.24) is 10.2 Å². The summed E-state index contributed by atoms with van der Waals surface area (Å²) in [6.07, 6.45) is 0. The number of nitrogens with one attached hydrogen (secondary N) is 1. The van der Waals surface area contributed by atoms with Gasteiger partial charge < -0.3 is 10.8 Å². The predicted molar refractivity (Wildman–Crippen MR) is 67.6 cm³/mol. The van der Waals surface area contributed by atoms with Crippen molar-refractivity contribution in [3.63, 3.8) is 0 Å². The van der Waals surface area contributed by atoms with Crippen molar-refractivity contribution in [3.8, 4) is 17.0 Å². The number of nitrogens with two attached hydrogens (primary N) is 1. The van der Waals surface area contributed by atoms with Gasteiger partial charge in [-0.25, -0.2) is 0 Å². The number of phenols is 1. The van der Waals surface area contributed by atoms with E-state index in [2.05, 4.69) is 10.2 Å². The average Bonchev–Trinajstić information content (AvgIpc) is 2.71. The van der Waals surface area contributed by atoms with Gasteiger partial charge in [-0.3, -0.25) is 5.10 Å². The normalized spacial score (nSPS) is 10.8. The van der Waals surface area contributed by atoms with Crippen molar-refractivity contribution in [2.45, 2.75) is 0 Å². The summed E-state index contributed by atoms with van der Waals surface area (Å²) in [6.45, 7) is 0. The van der Waals surface area contributed by atoms with Crippen molar-refractivity contribution in [1.29, 1.82) is 0 Å². The van der Waals surface area contributed by atoms with E-state index in [0.29, 0.717) is 5.69 Å². The van der Waals surface area contributed by atoms with Crippen molar-refractivity contribution in [2.75, 3.05) is 5.73 Å². The largest absolute Gasteiger partial charge is 0.508 e. The molecule has 0 bridgehead atoms. The number of aromatic amines is 1. The van der Waals surface area contributed by atoms with Crippen LogP contribution in [0.3, 0.4) is 0 Å². The smallest absolute Gasteiger partial charge is 0.116 e. The monoisotopic (exact) mass is 225 g/mol. The van der Waals surface area contributed by atoms with E-state index >= 15 is 0 Å². The van der Waals surface area contributed by atoms with Gasteiger partial charge in [0.1, 0.15) is 11.4 Å². The Bertz CT molecular complexity index is 688. The summed E-state index contributed by atoms with van der Waals surface area (Å²) < 4.78 is 0. The van der Waals surface area contributed by atoms with Crippen LogP contribution in [0.1, 0.15) is 0 Å². The number of rotatable bonds is 1. The van der Waals surface area contributed by atoms with E-state index in [1.54, 1.807) is 18.2 Å². The van der Waals surface area contributed by atoms with Crippen LogP contribution in [0.2, 0.25) is 0 Å². The zero-order valence-electron chi connectivity index (χ0n) is 9.01. The van der Waals surface area contributed by atoms with Gasteiger partial charge in [0.25, 0.3) is 0 Å². The van der Waals surface area contributed by atoms with E-state index in [1.807, 2.05) is 24.3 Å². The second-order valence-corrected chi connectivity index (χ2v) is 3.93. The standard InChI is InChI=1S/C13H11N3O/c14-9-4-5-11-12(7-9)15-16-13(11)8-2-1-3-10(17)6-8/h1-7,17H,14H2,(H,15,16). The number of fused-ring (bicyclic) bond motifs is 1. The summed E-state index contributed by atoms with van der Waals surface area (Å²) in [7, 11) is 0. The zero-order chi connectivity index (χ0) is 11.8. The Morgan fingerprint density at radius 3 is 2.82 bits per heavy atom. The van der Waals surface area contributed by atoms with Crippen LogP contribution in [0.25, 0.3) is 22.2 Å². The summed E-state index contributed by atoms with van der Waals surface area (Å²) in [5, 5.41) is 17.7. The molecule has 84 valence electrons. The minimum absolute atomic E-state index is 0.231. The maximum absolute atomic E-state index is 9.47. The maximum atomic E-state index is 9.47. The van der Waals surface area contributed by atoms with Crippen molar-refractivity contribution in [3.05, 3.63) is 42.5 Å². The highest BCUT2D eigenvalue weighted by Gasteiger charge is 2.08. The molecule has 4 N–H and O–H groups in total. The van der Waals surface area contributed by atoms with Gasteiger partial charge >= 0.3 is 0 Å². The lowest BCUT2D eigenvalue weighted by Crippen LogP contribution is -1.82. The molecule has 1 aromatic heterocycles. The molecule has 0 spiro atoms. The number of H-pyrrole nitrogens is 1. The average molecular weight is 225 g/mol. The Morgan fingerprint density at radius 1 is 1.12 bits per heavy atom. The van der Waals surface area contributed by atoms with E-state index < -0.39 is 0 Å².